The van der Waals surface area contributed by atoms with E-state index in [4.69, 9.17) is 32.7 Å². The maximum absolute atomic E-state index is 12.9. The molecule has 0 bridgehead atoms. The number of nitrogens with zero attached hydrogens (tertiary/aromatic N) is 1. The Morgan fingerprint density at radius 3 is 2.47 bits per heavy atom. The molecule has 196 valence electrons. The molecule has 1 heterocycles. The number of nitrogens with one attached hydrogen (secondary N) is 1. The van der Waals surface area contributed by atoms with Crippen molar-refractivity contribution in [1.82, 2.24) is 4.90 Å². The summed E-state index contributed by atoms with van der Waals surface area (Å²) in [5.74, 6) is 0.000386. The molecule has 0 radical (unpaired) electrons. The average molecular weight is 683 g/mol. The highest BCUT2D eigenvalue weighted by Gasteiger charge is 2.36. The second kappa shape index (κ2) is 12.9. The molecule has 0 saturated carbocycles. The molecule has 1 N–H and O–H groups in total. The number of amides is 3. The third-order valence-corrected chi connectivity index (χ3v) is 7.61. The lowest BCUT2D eigenvalue weighted by atomic mass is 10.1. The van der Waals surface area contributed by atoms with Gasteiger partial charge in [0, 0.05) is 9.26 Å². The van der Waals surface area contributed by atoms with Crippen molar-refractivity contribution in [3.8, 4) is 11.5 Å². The first kappa shape index (κ1) is 28.3. The van der Waals surface area contributed by atoms with Crippen LogP contribution in [-0.2, 0) is 16.2 Å². The number of hydrogen-bond donors (Lipinski definition) is 1. The van der Waals surface area contributed by atoms with Crippen LogP contribution in [0.1, 0.15) is 18.1 Å². The van der Waals surface area contributed by atoms with E-state index in [0.29, 0.717) is 39.4 Å². The van der Waals surface area contributed by atoms with E-state index in [1.807, 2.05) is 25.1 Å². The second-order valence-electron chi connectivity index (χ2n) is 8.00. The van der Waals surface area contributed by atoms with E-state index in [2.05, 4.69) is 27.9 Å². The van der Waals surface area contributed by atoms with Gasteiger partial charge in [-0.25, -0.2) is 0 Å². The van der Waals surface area contributed by atoms with Gasteiger partial charge in [0.05, 0.1) is 21.6 Å². The molecule has 0 aromatic heterocycles. The Balaban J connectivity index is 1.44. The minimum atomic E-state index is -0.532. The van der Waals surface area contributed by atoms with E-state index < -0.39 is 17.1 Å². The van der Waals surface area contributed by atoms with Crippen molar-refractivity contribution < 1.29 is 23.9 Å². The third kappa shape index (κ3) is 7.22. The standard InChI is InChI=1S/C27H21Cl2IN2O5S/c1-2-36-23-12-16(4-10-22(23)37-15-17-3-9-20(28)21(29)11-17)13-24-26(34)32(27(35)38-24)14-25(33)31-19-7-5-18(30)6-8-19/h3-13H,2,14-15H2,1H3,(H,31,33)/b24-13-. The summed E-state index contributed by atoms with van der Waals surface area (Å²) in [5, 5.41) is 3.09. The molecule has 1 aliphatic heterocycles. The van der Waals surface area contributed by atoms with Crippen LogP contribution in [0.15, 0.2) is 65.6 Å². The Bertz CT molecular complexity index is 1420. The number of benzene rings is 3. The van der Waals surface area contributed by atoms with Crippen molar-refractivity contribution in [2.45, 2.75) is 13.5 Å². The van der Waals surface area contributed by atoms with Crippen LogP contribution < -0.4 is 14.8 Å². The minimum Gasteiger partial charge on any atom is -0.490 e. The molecule has 3 aromatic rings. The van der Waals surface area contributed by atoms with E-state index in [1.54, 1.807) is 48.5 Å². The molecular formula is C27H21Cl2IN2O5S. The van der Waals surface area contributed by atoms with E-state index in [9.17, 15) is 14.4 Å². The van der Waals surface area contributed by atoms with E-state index in [0.717, 1.165) is 25.8 Å². The normalized spacial score (nSPS) is 14.2. The Morgan fingerprint density at radius 2 is 1.76 bits per heavy atom. The number of ether oxygens (including phenoxy) is 2. The molecule has 0 aliphatic carbocycles. The molecule has 1 fully saturated rings. The molecule has 1 aliphatic rings. The van der Waals surface area contributed by atoms with Crippen LogP contribution in [0.3, 0.4) is 0 Å². The fraction of sp³-hybridized carbons (Fsp3) is 0.148. The van der Waals surface area contributed by atoms with Crippen molar-refractivity contribution >= 4 is 86.4 Å². The fourth-order valence-electron chi connectivity index (χ4n) is 3.46. The van der Waals surface area contributed by atoms with Crippen LogP contribution >= 0.6 is 57.6 Å². The summed E-state index contributed by atoms with van der Waals surface area (Å²) < 4.78 is 12.7. The van der Waals surface area contributed by atoms with Gasteiger partial charge in [0.1, 0.15) is 13.2 Å². The number of carbonyl (C=O) groups excluding carboxylic acids is 3. The molecule has 0 spiro atoms. The van der Waals surface area contributed by atoms with Crippen molar-refractivity contribution in [2.75, 3.05) is 18.5 Å². The molecule has 7 nitrogen and oxygen atoms in total. The highest BCUT2D eigenvalue weighted by atomic mass is 127. The monoisotopic (exact) mass is 682 g/mol. The smallest absolute Gasteiger partial charge is 0.294 e. The van der Waals surface area contributed by atoms with Gasteiger partial charge >= 0.3 is 0 Å². The third-order valence-electron chi connectivity index (χ3n) is 5.25. The van der Waals surface area contributed by atoms with Gasteiger partial charge in [-0.05, 0) is 107 Å². The summed E-state index contributed by atoms with van der Waals surface area (Å²) in [6.07, 6.45) is 1.59. The summed E-state index contributed by atoms with van der Waals surface area (Å²) in [5.41, 5.74) is 2.07. The van der Waals surface area contributed by atoms with Gasteiger partial charge in [0.2, 0.25) is 5.91 Å². The molecule has 11 heteroatoms. The molecule has 0 atom stereocenters. The second-order valence-corrected chi connectivity index (χ2v) is 11.1. The van der Waals surface area contributed by atoms with Gasteiger partial charge in [-0.1, -0.05) is 35.3 Å². The molecule has 0 unspecified atom stereocenters. The molecule has 3 amide bonds. The maximum Gasteiger partial charge on any atom is 0.294 e. The van der Waals surface area contributed by atoms with Crippen LogP contribution in [-0.4, -0.2) is 35.1 Å². The van der Waals surface area contributed by atoms with Gasteiger partial charge < -0.3 is 14.8 Å². The van der Waals surface area contributed by atoms with Crippen LogP contribution in [0.4, 0.5) is 10.5 Å². The van der Waals surface area contributed by atoms with Gasteiger partial charge in [0.25, 0.3) is 11.1 Å². The number of rotatable bonds is 9. The lowest BCUT2D eigenvalue weighted by Gasteiger charge is -2.13. The number of hydrogen-bond acceptors (Lipinski definition) is 6. The van der Waals surface area contributed by atoms with Crippen LogP contribution in [0.5, 0.6) is 11.5 Å². The largest absolute Gasteiger partial charge is 0.490 e. The van der Waals surface area contributed by atoms with Crippen molar-refractivity contribution in [3.63, 3.8) is 0 Å². The fourth-order valence-corrected chi connectivity index (χ4v) is 4.98. The highest BCUT2D eigenvalue weighted by Crippen LogP contribution is 2.35. The van der Waals surface area contributed by atoms with Gasteiger partial charge in [-0.3, -0.25) is 19.3 Å². The zero-order valence-corrected chi connectivity index (χ0v) is 24.5. The summed E-state index contributed by atoms with van der Waals surface area (Å²) in [6, 6.07) is 17.7. The van der Waals surface area contributed by atoms with Crippen LogP contribution in [0.25, 0.3) is 6.08 Å². The van der Waals surface area contributed by atoms with Crippen molar-refractivity contribution in [2.24, 2.45) is 0 Å². The number of anilines is 1. The molecule has 38 heavy (non-hydrogen) atoms. The zero-order valence-electron chi connectivity index (χ0n) is 20.0. The van der Waals surface area contributed by atoms with Gasteiger partial charge in [-0.15, -0.1) is 0 Å². The van der Waals surface area contributed by atoms with Crippen LogP contribution in [0, 0.1) is 3.57 Å². The van der Waals surface area contributed by atoms with Crippen molar-refractivity contribution in [1.29, 1.82) is 0 Å². The molecule has 3 aromatic carbocycles. The average Bonchev–Trinajstić information content (AvgIpc) is 3.14. The summed E-state index contributed by atoms with van der Waals surface area (Å²) in [7, 11) is 0. The lowest BCUT2D eigenvalue weighted by Crippen LogP contribution is -2.36. The van der Waals surface area contributed by atoms with Crippen molar-refractivity contribution in [3.05, 3.63) is 90.3 Å². The first-order valence-electron chi connectivity index (χ1n) is 11.4. The molecule has 1 saturated heterocycles. The number of thioether (sulfide) groups is 1. The first-order chi connectivity index (χ1) is 18.2. The summed E-state index contributed by atoms with van der Waals surface area (Å²) >= 11 is 15.0. The van der Waals surface area contributed by atoms with Gasteiger partial charge in [0.15, 0.2) is 11.5 Å². The van der Waals surface area contributed by atoms with E-state index in [-0.39, 0.29) is 18.1 Å². The maximum atomic E-state index is 12.9. The Morgan fingerprint density at radius 1 is 1.00 bits per heavy atom. The number of halogens is 3. The van der Waals surface area contributed by atoms with Crippen LogP contribution in [0.2, 0.25) is 10.0 Å². The Labute approximate surface area is 247 Å². The zero-order chi connectivity index (χ0) is 27.2. The predicted octanol–water partition coefficient (Wildman–Crippen LogP) is 7.25. The molecule has 4 rings (SSSR count). The quantitative estimate of drug-likeness (QED) is 0.189. The first-order valence-corrected chi connectivity index (χ1v) is 14.0. The Kier molecular flexibility index (Phi) is 9.59. The van der Waals surface area contributed by atoms with E-state index >= 15 is 0 Å². The SMILES string of the molecule is CCOc1cc(/C=C2\SC(=O)N(CC(=O)Nc3ccc(I)cc3)C2=O)ccc1OCc1ccc(Cl)c(Cl)c1. The topological polar surface area (TPSA) is 84.9 Å². The van der Waals surface area contributed by atoms with E-state index in [1.165, 1.54) is 0 Å². The minimum absolute atomic E-state index is 0.212. The number of imide groups is 1. The molecular weight excluding hydrogens is 662 g/mol. The Hall–Kier alpha value is -2.73. The van der Waals surface area contributed by atoms with Gasteiger partial charge in [-0.2, -0.15) is 0 Å². The number of carbonyl (C=O) groups is 3. The lowest BCUT2D eigenvalue weighted by molar-refractivity contribution is -0.127. The predicted molar refractivity (Wildman–Crippen MR) is 159 cm³/mol. The summed E-state index contributed by atoms with van der Waals surface area (Å²) in [4.78, 5) is 39.0. The highest BCUT2D eigenvalue weighted by molar-refractivity contribution is 14.1. The summed E-state index contributed by atoms with van der Waals surface area (Å²) in [6.45, 7) is 2.12.